The lowest BCUT2D eigenvalue weighted by molar-refractivity contribution is 0.0506. The fraction of sp³-hybridized carbons (Fsp3) is 0.364. The van der Waals surface area contributed by atoms with Crippen molar-refractivity contribution < 1.29 is 9.53 Å². The molecule has 0 bridgehead atoms. The van der Waals surface area contributed by atoms with Crippen molar-refractivity contribution in [3.63, 3.8) is 0 Å². The van der Waals surface area contributed by atoms with E-state index in [4.69, 9.17) is 4.74 Å². The summed E-state index contributed by atoms with van der Waals surface area (Å²) in [7, 11) is 0. The predicted octanol–water partition coefficient (Wildman–Crippen LogP) is 1.62. The van der Waals surface area contributed by atoms with E-state index in [1.807, 2.05) is 6.07 Å². The van der Waals surface area contributed by atoms with E-state index in [2.05, 4.69) is 15.8 Å². The molecule has 0 saturated heterocycles. The van der Waals surface area contributed by atoms with Crippen molar-refractivity contribution in [1.82, 2.24) is 15.8 Å². The molecule has 87 valence electrons. The van der Waals surface area contributed by atoms with Gasteiger partial charge in [-0.2, -0.15) is 0 Å². The molecule has 1 radical (unpaired) electrons. The molecule has 0 unspecified atom stereocenters. The first-order chi connectivity index (χ1) is 7.47. The number of hydrazine groups is 1. The Kier molecular flexibility index (Phi) is 4.25. The largest absolute Gasteiger partial charge is 0.443 e. The Hall–Kier alpha value is -1.62. The molecule has 1 aromatic heterocycles. The fourth-order valence-corrected chi connectivity index (χ4v) is 0.943. The molecule has 1 heterocycles. The standard InChI is InChI=1S/C11H16N3O2/c1-11(2,3)16-10(15)14-13-8-9-5-4-6-12-7-9/h4-8,13H,1-3H3,(H,14,15). The quantitative estimate of drug-likeness (QED) is 0.763. The Morgan fingerprint density at radius 3 is 2.81 bits per heavy atom. The monoisotopic (exact) mass is 222 g/mol. The molecule has 0 aliphatic rings. The summed E-state index contributed by atoms with van der Waals surface area (Å²) in [4.78, 5) is 15.1. The highest BCUT2D eigenvalue weighted by molar-refractivity contribution is 5.67. The van der Waals surface area contributed by atoms with Gasteiger partial charge in [0.05, 0.1) is 6.54 Å². The van der Waals surface area contributed by atoms with Gasteiger partial charge in [-0.05, 0) is 32.4 Å². The van der Waals surface area contributed by atoms with Crippen LogP contribution in [0.15, 0.2) is 24.5 Å². The first kappa shape index (κ1) is 12.4. The average molecular weight is 222 g/mol. The zero-order valence-corrected chi connectivity index (χ0v) is 9.65. The van der Waals surface area contributed by atoms with Gasteiger partial charge in [0.1, 0.15) is 5.60 Å². The topological polar surface area (TPSA) is 63.2 Å². The number of carbonyl (C=O) groups is 1. The van der Waals surface area contributed by atoms with Crippen molar-refractivity contribution in [2.75, 3.05) is 0 Å². The minimum Gasteiger partial charge on any atom is -0.443 e. The summed E-state index contributed by atoms with van der Waals surface area (Å²) >= 11 is 0. The van der Waals surface area contributed by atoms with E-state index in [1.165, 1.54) is 0 Å². The second-order valence-electron chi connectivity index (χ2n) is 4.20. The smallest absolute Gasteiger partial charge is 0.422 e. The number of hydrogen-bond donors (Lipinski definition) is 2. The first-order valence-corrected chi connectivity index (χ1v) is 4.95. The molecule has 0 aliphatic carbocycles. The van der Waals surface area contributed by atoms with Crippen LogP contribution in [0.1, 0.15) is 26.3 Å². The number of hydrogen-bond acceptors (Lipinski definition) is 4. The molecule has 1 aromatic rings. The number of aromatic nitrogens is 1. The van der Waals surface area contributed by atoms with Gasteiger partial charge in [0.25, 0.3) is 0 Å². The summed E-state index contributed by atoms with van der Waals surface area (Å²) < 4.78 is 5.03. The van der Waals surface area contributed by atoms with Crippen LogP contribution < -0.4 is 10.9 Å². The van der Waals surface area contributed by atoms with Gasteiger partial charge in [-0.1, -0.05) is 6.07 Å². The molecule has 0 aromatic carbocycles. The van der Waals surface area contributed by atoms with Gasteiger partial charge in [-0.3, -0.25) is 10.4 Å². The van der Waals surface area contributed by atoms with E-state index in [9.17, 15) is 4.79 Å². The lowest BCUT2D eigenvalue weighted by atomic mass is 10.2. The number of carbonyl (C=O) groups excluding carboxylic acids is 1. The summed E-state index contributed by atoms with van der Waals surface area (Å²) in [5, 5.41) is 0. The Bertz CT molecular complexity index is 333. The normalized spacial score (nSPS) is 10.9. The Balaban J connectivity index is 2.24. The van der Waals surface area contributed by atoms with Crippen LogP contribution in [0.3, 0.4) is 0 Å². The van der Waals surface area contributed by atoms with Crippen molar-refractivity contribution in [3.8, 4) is 0 Å². The van der Waals surface area contributed by atoms with Gasteiger partial charge < -0.3 is 4.74 Å². The van der Waals surface area contributed by atoms with Crippen LogP contribution in [-0.4, -0.2) is 16.7 Å². The fourth-order valence-electron chi connectivity index (χ4n) is 0.943. The number of nitrogens with one attached hydrogen (secondary N) is 2. The highest BCUT2D eigenvalue weighted by atomic mass is 16.6. The van der Waals surface area contributed by atoms with E-state index in [0.29, 0.717) is 0 Å². The lowest BCUT2D eigenvalue weighted by Gasteiger charge is -2.19. The van der Waals surface area contributed by atoms with Crippen LogP contribution in [0.4, 0.5) is 4.79 Å². The van der Waals surface area contributed by atoms with Gasteiger partial charge >= 0.3 is 6.09 Å². The van der Waals surface area contributed by atoms with Crippen LogP contribution in [0.25, 0.3) is 0 Å². The maximum absolute atomic E-state index is 11.2. The van der Waals surface area contributed by atoms with Crippen molar-refractivity contribution in [2.24, 2.45) is 0 Å². The summed E-state index contributed by atoms with van der Waals surface area (Å²) in [5.41, 5.74) is 5.39. The highest BCUT2D eigenvalue weighted by Gasteiger charge is 2.15. The Labute approximate surface area is 95.2 Å². The van der Waals surface area contributed by atoms with Gasteiger partial charge in [-0.25, -0.2) is 10.2 Å². The summed E-state index contributed by atoms with van der Waals surface area (Å²) in [6.07, 6.45) is 2.83. The lowest BCUT2D eigenvalue weighted by Crippen LogP contribution is -2.39. The number of pyridine rings is 1. The minimum absolute atomic E-state index is 0.500. The zero-order chi connectivity index (χ0) is 12.0. The molecule has 0 aliphatic heterocycles. The second kappa shape index (κ2) is 5.46. The van der Waals surface area contributed by atoms with Gasteiger partial charge in [-0.15, -0.1) is 0 Å². The second-order valence-corrected chi connectivity index (χ2v) is 4.20. The molecule has 1 rings (SSSR count). The Morgan fingerprint density at radius 1 is 1.50 bits per heavy atom. The van der Waals surface area contributed by atoms with Crippen molar-refractivity contribution in [1.29, 1.82) is 0 Å². The average Bonchev–Trinajstić information content (AvgIpc) is 2.16. The molecule has 5 nitrogen and oxygen atoms in total. The molecule has 0 saturated carbocycles. The third kappa shape index (κ3) is 5.31. The summed E-state index contributed by atoms with van der Waals surface area (Å²) in [6, 6.07) is 3.66. The SMILES string of the molecule is CC(C)(C)OC(=O)NN[CH]c1cccnc1. The maximum atomic E-state index is 11.2. The van der Waals surface area contributed by atoms with Crippen molar-refractivity contribution in [2.45, 2.75) is 26.4 Å². The number of nitrogens with zero attached hydrogens (tertiary/aromatic N) is 1. The van der Waals surface area contributed by atoms with Crippen LogP contribution in [0, 0.1) is 6.54 Å². The van der Waals surface area contributed by atoms with Crippen molar-refractivity contribution in [3.05, 3.63) is 36.6 Å². The number of amides is 1. The van der Waals surface area contributed by atoms with Crippen LogP contribution in [0.2, 0.25) is 0 Å². The number of ether oxygens (including phenoxy) is 1. The van der Waals surface area contributed by atoms with Gasteiger partial charge in [0.15, 0.2) is 0 Å². The molecule has 16 heavy (non-hydrogen) atoms. The van der Waals surface area contributed by atoms with E-state index in [0.717, 1.165) is 5.56 Å². The van der Waals surface area contributed by atoms with Gasteiger partial charge in [0, 0.05) is 12.4 Å². The molecular formula is C11H16N3O2. The maximum Gasteiger partial charge on any atom is 0.422 e. The van der Waals surface area contributed by atoms with E-state index in [-0.39, 0.29) is 0 Å². The minimum atomic E-state index is -0.521. The van der Waals surface area contributed by atoms with Gasteiger partial charge in [0.2, 0.25) is 0 Å². The molecule has 0 fully saturated rings. The molecule has 0 spiro atoms. The van der Waals surface area contributed by atoms with Crippen LogP contribution in [-0.2, 0) is 4.74 Å². The first-order valence-electron chi connectivity index (χ1n) is 4.95. The third-order valence-electron chi connectivity index (χ3n) is 1.50. The van der Waals surface area contributed by atoms with E-state index in [1.54, 1.807) is 45.8 Å². The Morgan fingerprint density at radius 2 is 2.25 bits per heavy atom. The molecule has 5 heteroatoms. The molecule has 1 amide bonds. The van der Waals surface area contributed by atoms with Crippen LogP contribution >= 0.6 is 0 Å². The summed E-state index contributed by atoms with van der Waals surface area (Å²) in [5.74, 6) is 0. The zero-order valence-electron chi connectivity index (χ0n) is 9.65. The summed E-state index contributed by atoms with van der Waals surface area (Å²) in [6.45, 7) is 7.03. The molecule has 2 N–H and O–H groups in total. The predicted molar refractivity (Wildman–Crippen MR) is 60.1 cm³/mol. The van der Waals surface area contributed by atoms with E-state index >= 15 is 0 Å². The number of rotatable bonds is 3. The molecule has 0 atom stereocenters. The van der Waals surface area contributed by atoms with Crippen LogP contribution in [0.5, 0.6) is 0 Å². The molecular weight excluding hydrogens is 206 g/mol. The highest BCUT2D eigenvalue weighted by Crippen LogP contribution is 2.06. The van der Waals surface area contributed by atoms with Crippen molar-refractivity contribution >= 4 is 6.09 Å². The van der Waals surface area contributed by atoms with E-state index < -0.39 is 11.7 Å². The third-order valence-corrected chi connectivity index (χ3v) is 1.50.